The van der Waals surface area contributed by atoms with Crippen LogP contribution in [0.25, 0.3) is 0 Å². The van der Waals surface area contributed by atoms with Crippen molar-refractivity contribution >= 4 is 35.3 Å². The summed E-state index contributed by atoms with van der Waals surface area (Å²) < 4.78 is 11.8. The molecule has 0 saturated heterocycles. The standard InChI is InChI=1S/C24H28N2O10/c1-14-4-6-17(25(10-21(27)28)11-22(29)30)19(8-14)35-16(3)36-20-9-15(2)5-7-18(20)26(12-23(31)32)13-24(33)34/h4-9,16H,10-13H2,1-3H3,(H,27,28)(H,29,30)(H,31,32)(H,33,34). The van der Waals surface area contributed by atoms with E-state index in [4.69, 9.17) is 9.47 Å². The third-order valence-electron chi connectivity index (χ3n) is 4.80. The Bertz CT molecular complexity index is 1010. The minimum absolute atomic E-state index is 0.173. The summed E-state index contributed by atoms with van der Waals surface area (Å²) in [6, 6.07) is 9.65. The van der Waals surface area contributed by atoms with Crippen molar-refractivity contribution in [2.24, 2.45) is 0 Å². The lowest BCUT2D eigenvalue weighted by Crippen LogP contribution is -2.35. The van der Waals surface area contributed by atoms with Gasteiger partial charge in [-0.05, 0) is 49.2 Å². The van der Waals surface area contributed by atoms with E-state index in [1.54, 1.807) is 50.2 Å². The van der Waals surface area contributed by atoms with Gasteiger partial charge in [-0.15, -0.1) is 0 Å². The molecule has 0 aliphatic carbocycles. The number of carboxylic acids is 4. The molecule has 4 N–H and O–H groups in total. The summed E-state index contributed by atoms with van der Waals surface area (Å²) in [7, 11) is 0. The lowest BCUT2D eigenvalue weighted by molar-refractivity contribution is -0.138. The van der Waals surface area contributed by atoms with E-state index in [1.807, 2.05) is 0 Å². The Labute approximate surface area is 206 Å². The number of nitrogens with zero attached hydrogens (tertiary/aromatic N) is 2. The van der Waals surface area contributed by atoms with Crippen LogP contribution in [0.4, 0.5) is 11.4 Å². The number of ether oxygens (including phenoxy) is 2. The normalized spacial score (nSPS) is 10.6. The molecule has 0 unspecified atom stereocenters. The van der Waals surface area contributed by atoms with Crippen LogP contribution in [-0.2, 0) is 19.2 Å². The van der Waals surface area contributed by atoms with Gasteiger partial charge in [0.05, 0.1) is 11.4 Å². The highest BCUT2D eigenvalue weighted by Crippen LogP contribution is 2.33. The molecule has 12 heteroatoms. The van der Waals surface area contributed by atoms with Crippen molar-refractivity contribution < 1.29 is 49.1 Å². The average Bonchev–Trinajstić information content (AvgIpc) is 2.71. The maximum Gasteiger partial charge on any atom is 0.323 e. The third-order valence-corrected chi connectivity index (χ3v) is 4.80. The largest absolute Gasteiger partial charge is 0.480 e. The van der Waals surface area contributed by atoms with Gasteiger partial charge in [0.25, 0.3) is 0 Å². The Hall–Kier alpha value is -4.48. The number of anilines is 2. The van der Waals surface area contributed by atoms with Gasteiger partial charge in [0.2, 0.25) is 6.29 Å². The summed E-state index contributed by atoms with van der Waals surface area (Å²) in [5, 5.41) is 36.9. The molecule has 0 atom stereocenters. The fourth-order valence-electron chi connectivity index (χ4n) is 3.44. The number of aryl methyl sites for hydroxylation is 2. The second kappa shape index (κ2) is 12.3. The van der Waals surface area contributed by atoms with Crippen molar-refractivity contribution in [3.8, 4) is 11.5 Å². The smallest absolute Gasteiger partial charge is 0.323 e. The number of aliphatic carboxylic acids is 4. The number of benzene rings is 2. The second-order valence-electron chi connectivity index (χ2n) is 8.03. The predicted octanol–water partition coefficient (Wildman–Crippen LogP) is 2.06. The SMILES string of the molecule is Cc1ccc(N(CC(=O)O)CC(=O)O)c(OC(C)Oc2cc(C)ccc2N(CC(=O)O)CC(=O)O)c1. The number of carboxylic acid groups (broad SMARTS) is 4. The van der Waals surface area contributed by atoms with E-state index in [2.05, 4.69) is 0 Å². The summed E-state index contributed by atoms with van der Waals surface area (Å²) in [5.74, 6) is -4.57. The Kier molecular flexibility index (Phi) is 9.48. The zero-order valence-electron chi connectivity index (χ0n) is 20.0. The summed E-state index contributed by atoms with van der Waals surface area (Å²) in [5.41, 5.74) is 1.97. The number of hydrogen-bond acceptors (Lipinski definition) is 8. The van der Waals surface area contributed by atoms with Crippen molar-refractivity contribution in [1.82, 2.24) is 0 Å². The highest BCUT2D eigenvalue weighted by atomic mass is 16.7. The molecule has 0 heterocycles. The molecule has 194 valence electrons. The summed E-state index contributed by atoms with van der Waals surface area (Å²) >= 11 is 0. The van der Waals surface area contributed by atoms with E-state index in [9.17, 15) is 39.6 Å². The van der Waals surface area contributed by atoms with Crippen LogP contribution in [0.15, 0.2) is 36.4 Å². The van der Waals surface area contributed by atoms with Gasteiger partial charge in [-0.3, -0.25) is 19.2 Å². The van der Waals surface area contributed by atoms with Crippen molar-refractivity contribution in [3.63, 3.8) is 0 Å². The molecule has 0 spiro atoms. The summed E-state index contributed by atoms with van der Waals surface area (Å²) in [4.78, 5) is 47.5. The van der Waals surface area contributed by atoms with Crippen LogP contribution in [0.2, 0.25) is 0 Å². The number of rotatable bonds is 14. The molecule has 12 nitrogen and oxygen atoms in total. The van der Waals surface area contributed by atoms with Crippen LogP contribution < -0.4 is 19.3 Å². The molecular formula is C24H28N2O10. The van der Waals surface area contributed by atoms with Crippen LogP contribution in [-0.4, -0.2) is 76.8 Å². The highest BCUT2D eigenvalue weighted by Gasteiger charge is 2.22. The molecule has 0 aliphatic rings. The minimum atomic E-state index is -1.23. The fourth-order valence-corrected chi connectivity index (χ4v) is 3.44. The zero-order chi connectivity index (χ0) is 27.0. The first-order chi connectivity index (χ1) is 16.8. The Morgan fingerprint density at radius 3 is 1.25 bits per heavy atom. The van der Waals surface area contributed by atoms with E-state index in [1.165, 1.54) is 6.92 Å². The topological polar surface area (TPSA) is 174 Å². The third kappa shape index (κ3) is 8.38. The molecule has 0 bridgehead atoms. The Morgan fingerprint density at radius 2 is 0.972 bits per heavy atom. The van der Waals surface area contributed by atoms with Crippen LogP contribution in [0.1, 0.15) is 18.1 Å². The molecular weight excluding hydrogens is 476 g/mol. The van der Waals surface area contributed by atoms with Gasteiger partial charge in [-0.2, -0.15) is 0 Å². The zero-order valence-corrected chi connectivity index (χ0v) is 20.0. The summed E-state index contributed by atoms with van der Waals surface area (Å²) in [6.45, 7) is 2.76. The van der Waals surface area contributed by atoms with Crippen molar-refractivity contribution in [3.05, 3.63) is 47.5 Å². The quantitative estimate of drug-likeness (QED) is 0.276. The van der Waals surface area contributed by atoms with Gasteiger partial charge in [0, 0.05) is 6.92 Å². The van der Waals surface area contributed by atoms with Crippen LogP contribution in [0, 0.1) is 13.8 Å². The molecule has 2 aromatic rings. The monoisotopic (exact) mass is 504 g/mol. The predicted molar refractivity (Wildman–Crippen MR) is 128 cm³/mol. The molecule has 36 heavy (non-hydrogen) atoms. The van der Waals surface area contributed by atoms with Gasteiger partial charge in [0.15, 0.2) is 0 Å². The maximum absolute atomic E-state index is 11.3. The second-order valence-corrected chi connectivity index (χ2v) is 8.03. The molecule has 0 amide bonds. The lowest BCUT2D eigenvalue weighted by Gasteiger charge is -2.27. The van der Waals surface area contributed by atoms with Gasteiger partial charge in [-0.1, -0.05) is 12.1 Å². The first kappa shape index (κ1) is 27.8. The van der Waals surface area contributed by atoms with Crippen molar-refractivity contribution in [1.29, 1.82) is 0 Å². The van der Waals surface area contributed by atoms with E-state index >= 15 is 0 Å². The van der Waals surface area contributed by atoms with Gasteiger partial charge in [-0.25, -0.2) is 0 Å². The molecule has 0 fully saturated rings. The highest BCUT2D eigenvalue weighted by molar-refractivity contribution is 5.82. The lowest BCUT2D eigenvalue weighted by atomic mass is 10.2. The van der Waals surface area contributed by atoms with Crippen molar-refractivity contribution in [2.75, 3.05) is 36.0 Å². The summed E-state index contributed by atoms with van der Waals surface area (Å²) in [6.07, 6.45) is -1.01. The molecule has 2 aromatic carbocycles. The Morgan fingerprint density at radius 1 is 0.667 bits per heavy atom. The molecule has 0 aliphatic heterocycles. The van der Waals surface area contributed by atoms with Crippen LogP contribution >= 0.6 is 0 Å². The van der Waals surface area contributed by atoms with Crippen molar-refractivity contribution in [2.45, 2.75) is 27.1 Å². The maximum atomic E-state index is 11.3. The number of carbonyl (C=O) groups is 4. The van der Waals surface area contributed by atoms with Gasteiger partial charge >= 0.3 is 23.9 Å². The van der Waals surface area contributed by atoms with Crippen LogP contribution in [0.3, 0.4) is 0 Å². The molecule has 0 saturated carbocycles. The van der Waals surface area contributed by atoms with E-state index in [0.717, 1.165) is 20.9 Å². The van der Waals surface area contributed by atoms with E-state index in [0.29, 0.717) is 0 Å². The molecule has 0 radical (unpaired) electrons. The van der Waals surface area contributed by atoms with E-state index < -0.39 is 56.3 Å². The van der Waals surface area contributed by atoms with Crippen LogP contribution in [0.5, 0.6) is 11.5 Å². The average molecular weight is 504 g/mol. The number of hydrogen-bond donors (Lipinski definition) is 4. The fraction of sp³-hybridized carbons (Fsp3) is 0.333. The molecule has 2 rings (SSSR count). The van der Waals surface area contributed by atoms with E-state index in [-0.39, 0.29) is 22.9 Å². The first-order valence-electron chi connectivity index (χ1n) is 10.8. The Balaban J connectivity index is 2.38. The molecule has 0 aromatic heterocycles. The van der Waals surface area contributed by atoms with Gasteiger partial charge < -0.3 is 39.7 Å². The van der Waals surface area contributed by atoms with Gasteiger partial charge in [0.1, 0.15) is 37.7 Å². The first-order valence-corrected chi connectivity index (χ1v) is 10.8. The minimum Gasteiger partial charge on any atom is -0.480 e.